The van der Waals surface area contributed by atoms with Gasteiger partial charge in [0, 0.05) is 5.56 Å². The fraction of sp³-hybridized carbons (Fsp3) is 0.533. The van der Waals surface area contributed by atoms with E-state index in [-0.39, 0.29) is 5.75 Å². The van der Waals surface area contributed by atoms with Crippen LogP contribution in [0.15, 0.2) is 11.1 Å². The first-order valence-electron chi connectivity index (χ1n) is 6.60. The van der Waals surface area contributed by atoms with Gasteiger partial charge in [-0.1, -0.05) is 12.8 Å². The molecule has 1 aromatic rings. The molecule has 0 spiro atoms. The summed E-state index contributed by atoms with van der Waals surface area (Å²) in [7, 11) is 2.87. The number of hydrogen-bond acceptors (Lipinski definition) is 4. The molecular weight excluding hydrogens is 261 g/mol. The molecule has 0 radical (unpaired) electrons. The molecule has 4 nitrogen and oxygen atoms in total. The zero-order valence-corrected chi connectivity index (χ0v) is 12.0. The van der Waals surface area contributed by atoms with Crippen molar-refractivity contribution < 1.29 is 18.7 Å². The zero-order valence-electron chi connectivity index (χ0n) is 12.0. The Morgan fingerprint density at radius 3 is 2.35 bits per heavy atom. The van der Waals surface area contributed by atoms with Gasteiger partial charge in [0.1, 0.15) is 5.54 Å². The molecule has 2 rings (SSSR count). The second-order valence-electron chi connectivity index (χ2n) is 5.06. The summed E-state index contributed by atoms with van der Waals surface area (Å²) in [5, 5.41) is 0. The molecule has 0 amide bonds. The second kappa shape index (κ2) is 5.63. The third kappa shape index (κ3) is 2.18. The second-order valence-corrected chi connectivity index (χ2v) is 5.06. The minimum Gasteiger partial charge on any atom is -0.492 e. The number of benzene rings is 1. The fourth-order valence-electron chi connectivity index (χ4n) is 3.01. The van der Waals surface area contributed by atoms with Crippen molar-refractivity contribution in [1.82, 2.24) is 0 Å². The summed E-state index contributed by atoms with van der Waals surface area (Å²) >= 11 is 0. The van der Waals surface area contributed by atoms with E-state index < -0.39 is 11.4 Å². The van der Waals surface area contributed by atoms with Crippen LogP contribution in [0.4, 0.5) is 4.39 Å². The van der Waals surface area contributed by atoms with Gasteiger partial charge < -0.3 is 9.47 Å². The summed E-state index contributed by atoms with van der Waals surface area (Å²) in [5.74, 6) is -0.0669. The standard InChI is InChI=1S/C15H18FNO3/c1-10-8-11(12(16)14(20-3)13(10)19-2)15(17-9-18)6-4-5-7-15/h8H,4-7H2,1-3H3. The van der Waals surface area contributed by atoms with Crippen molar-refractivity contribution >= 4 is 6.08 Å². The highest BCUT2D eigenvalue weighted by Gasteiger charge is 2.39. The number of hydrogen-bond donors (Lipinski definition) is 0. The van der Waals surface area contributed by atoms with Gasteiger partial charge in [-0.05, 0) is 31.4 Å². The highest BCUT2D eigenvalue weighted by molar-refractivity contribution is 5.53. The van der Waals surface area contributed by atoms with Crippen molar-refractivity contribution in [3.63, 3.8) is 0 Å². The van der Waals surface area contributed by atoms with Crippen LogP contribution in [0.25, 0.3) is 0 Å². The molecule has 0 bridgehead atoms. The molecule has 1 saturated carbocycles. The van der Waals surface area contributed by atoms with Crippen molar-refractivity contribution in [3.05, 3.63) is 23.0 Å². The molecule has 20 heavy (non-hydrogen) atoms. The molecule has 1 aliphatic rings. The molecule has 1 fully saturated rings. The van der Waals surface area contributed by atoms with Crippen molar-refractivity contribution in [2.75, 3.05) is 14.2 Å². The molecule has 1 aliphatic carbocycles. The molecule has 0 aliphatic heterocycles. The van der Waals surface area contributed by atoms with E-state index in [1.165, 1.54) is 14.2 Å². The molecule has 0 unspecified atom stereocenters. The Morgan fingerprint density at radius 2 is 1.85 bits per heavy atom. The van der Waals surface area contributed by atoms with Gasteiger partial charge in [0.25, 0.3) is 0 Å². The van der Waals surface area contributed by atoms with Gasteiger partial charge in [0.2, 0.25) is 6.08 Å². The molecule has 0 saturated heterocycles. The van der Waals surface area contributed by atoms with Gasteiger partial charge in [-0.2, -0.15) is 4.99 Å². The molecular formula is C15H18FNO3. The lowest BCUT2D eigenvalue weighted by molar-refractivity contribution is 0.327. The molecule has 0 N–H and O–H groups in total. The van der Waals surface area contributed by atoms with Crippen molar-refractivity contribution in [2.24, 2.45) is 4.99 Å². The van der Waals surface area contributed by atoms with Crippen LogP contribution in [0, 0.1) is 12.7 Å². The predicted octanol–water partition coefficient (Wildman–Crippen LogP) is 3.26. The zero-order chi connectivity index (χ0) is 14.8. The summed E-state index contributed by atoms with van der Waals surface area (Å²) in [6.45, 7) is 1.82. The minimum absolute atomic E-state index is 0.0647. The summed E-state index contributed by atoms with van der Waals surface area (Å²) in [5.41, 5.74) is 0.345. The van der Waals surface area contributed by atoms with Crippen LogP contribution >= 0.6 is 0 Å². The van der Waals surface area contributed by atoms with Crippen molar-refractivity contribution in [3.8, 4) is 11.5 Å². The average Bonchev–Trinajstić information content (AvgIpc) is 2.90. The molecule has 0 atom stereocenters. The van der Waals surface area contributed by atoms with Crippen LogP contribution in [0.1, 0.15) is 36.8 Å². The van der Waals surface area contributed by atoms with E-state index >= 15 is 0 Å². The van der Waals surface area contributed by atoms with Crippen LogP contribution < -0.4 is 9.47 Å². The van der Waals surface area contributed by atoms with Gasteiger partial charge in [-0.25, -0.2) is 9.18 Å². The van der Waals surface area contributed by atoms with E-state index in [0.717, 1.165) is 18.4 Å². The number of ether oxygens (including phenoxy) is 2. The molecule has 5 heteroatoms. The predicted molar refractivity (Wildman–Crippen MR) is 72.5 cm³/mol. The molecule has 0 aromatic heterocycles. The first-order valence-corrected chi connectivity index (χ1v) is 6.60. The maximum absolute atomic E-state index is 14.7. The number of methoxy groups -OCH3 is 2. The number of nitrogens with zero attached hydrogens (tertiary/aromatic N) is 1. The Bertz CT molecular complexity index is 559. The van der Waals surface area contributed by atoms with E-state index in [1.807, 2.05) is 6.92 Å². The van der Waals surface area contributed by atoms with Gasteiger partial charge in [-0.3, -0.25) is 0 Å². The highest BCUT2D eigenvalue weighted by Crippen LogP contribution is 2.47. The number of isocyanates is 1. The largest absolute Gasteiger partial charge is 0.492 e. The molecule has 0 heterocycles. The summed E-state index contributed by atoms with van der Waals surface area (Å²) in [4.78, 5) is 14.7. The first-order chi connectivity index (χ1) is 9.59. The Kier molecular flexibility index (Phi) is 4.09. The molecule has 108 valence electrons. The third-order valence-electron chi connectivity index (χ3n) is 3.96. The SMILES string of the molecule is COc1c(C)cc(C2(N=C=O)CCCC2)c(F)c1OC. The summed E-state index contributed by atoms with van der Waals surface area (Å²) in [6, 6.07) is 1.70. The van der Waals surface area contributed by atoms with E-state index in [4.69, 9.17) is 9.47 Å². The minimum atomic E-state index is -0.809. The number of carbonyl (C=O) groups excluding carboxylic acids is 1. The number of aliphatic imine (C=N–C) groups is 1. The van der Waals surface area contributed by atoms with Crippen LogP contribution in [0.2, 0.25) is 0 Å². The lowest BCUT2D eigenvalue weighted by atomic mass is 9.87. The Hall–Kier alpha value is -1.87. The lowest BCUT2D eigenvalue weighted by Crippen LogP contribution is -2.21. The normalized spacial score (nSPS) is 16.6. The van der Waals surface area contributed by atoms with Crippen LogP contribution in [-0.2, 0) is 10.3 Å². The smallest absolute Gasteiger partial charge is 0.235 e. The van der Waals surface area contributed by atoms with Gasteiger partial charge in [0.15, 0.2) is 17.3 Å². The Labute approximate surface area is 117 Å². The number of aryl methyl sites for hydroxylation is 1. The third-order valence-corrected chi connectivity index (χ3v) is 3.96. The summed E-state index contributed by atoms with van der Waals surface area (Å²) in [6.07, 6.45) is 4.72. The fourth-order valence-corrected chi connectivity index (χ4v) is 3.01. The monoisotopic (exact) mass is 279 g/mol. The molecule has 1 aromatic carbocycles. The Morgan fingerprint density at radius 1 is 1.25 bits per heavy atom. The van der Waals surface area contributed by atoms with Crippen LogP contribution in [0.3, 0.4) is 0 Å². The van der Waals surface area contributed by atoms with Crippen LogP contribution in [0.5, 0.6) is 11.5 Å². The summed E-state index contributed by atoms with van der Waals surface area (Å²) < 4.78 is 25.0. The quantitative estimate of drug-likeness (QED) is 0.628. The van der Waals surface area contributed by atoms with E-state index in [2.05, 4.69) is 4.99 Å². The van der Waals surface area contributed by atoms with Crippen LogP contribution in [-0.4, -0.2) is 20.3 Å². The number of rotatable bonds is 4. The lowest BCUT2D eigenvalue weighted by Gasteiger charge is -2.25. The maximum atomic E-state index is 14.7. The van der Waals surface area contributed by atoms with Gasteiger partial charge in [-0.15, -0.1) is 0 Å². The topological polar surface area (TPSA) is 47.9 Å². The Balaban J connectivity index is 2.68. The highest BCUT2D eigenvalue weighted by atomic mass is 19.1. The number of halogens is 1. The van der Waals surface area contributed by atoms with Gasteiger partial charge >= 0.3 is 0 Å². The van der Waals surface area contributed by atoms with E-state index in [1.54, 1.807) is 12.1 Å². The van der Waals surface area contributed by atoms with Crippen molar-refractivity contribution in [1.29, 1.82) is 0 Å². The van der Waals surface area contributed by atoms with Gasteiger partial charge in [0.05, 0.1) is 14.2 Å². The van der Waals surface area contributed by atoms with E-state index in [0.29, 0.717) is 24.2 Å². The first kappa shape index (κ1) is 14.5. The van der Waals surface area contributed by atoms with E-state index in [9.17, 15) is 9.18 Å². The average molecular weight is 279 g/mol. The maximum Gasteiger partial charge on any atom is 0.235 e. The van der Waals surface area contributed by atoms with Crippen molar-refractivity contribution in [2.45, 2.75) is 38.1 Å².